The fraction of sp³-hybridized carbons (Fsp3) is 0.529. The van der Waals surface area contributed by atoms with Gasteiger partial charge in [0.15, 0.2) is 0 Å². The van der Waals surface area contributed by atoms with Crippen molar-refractivity contribution < 1.29 is 24.0 Å². The second-order valence-corrected chi connectivity index (χ2v) is 6.50. The summed E-state index contributed by atoms with van der Waals surface area (Å²) in [6.45, 7) is 3.83. The Morgan fingerprint density at radius 3 is 2.84 bits per heavy atom. The fourth-order valence-electron chi connectivity index (χ4n) is 3.25. The van der Waals surface area contributed by atoms with Gasteiger partial charge in [-0.3, -0.25) is 10.1 Å². The molecule has 0 aromatic heterocycles. The number of nitro groups is 1. The van der Waals surface area contributed by atoms with Crippen molar-refractivity contribution in [1.82, 2.24) is 0 Å². The van der Waals surface area contributed by atoms with Crippen molar-refractivity contribution in [1.29, 1.82) is 0 Å². The molecule has 0 radical (unpaired) electrons. The molecule has 2 atom stereocenters. The number of piperidine rings is 1. The molecule has 0 N–H and O–H groups in total. The molecule has 1 aromatic carbocycles. The van der Waals surface area contributed by atoms with Gasteiger partial charge in [-0.2, -0.15) is 0 Å². The van der Waals surface area contributed by atoms with Crippen molar-refractivity contribution in [2.45, 2.75) is 32.3 Å². The highest BCUT2D eigenvalue weighted by molar-refractivity contribution is 5.93. The standard InChI is InChI=1S/C17H20N2O6/c1-11-3-2-7-18(10-11)13-5-4-12(9-14(13)19(22)23)16(20)25-15-6-8-24-17(15)21/h4-5,9,11,15H,2-3,6-8,10H2,1H3/t11-,15-/m0/s1. The minimum atomic E-state index is -0.936. The molecule has 0 saturated carbocycles. The first-order valence-corrected chi connectivity index (χ1v) is 8.36. The quantitative estimate of drug-likeness (QED) is 0.467. The molecule has 2 saturated heterocycles. The fourth-order valence-corrected chi connectivity index (χ4v) is 3.25. The number of rotatable bonds is 4. The molecule has 3 rings (SSSR count). The van der Waals surface area contributed by atoms with Gasteiger partial charge in [0, 0.05) is 25.6 Å². The van der Waals surface area contributed by atoms with Gasteiger partial charge in [0.05, 0.1) is 17.1 Å². The van der Waals surface area contributed by atoms with E-state index in [4.69, 9.17) is 9.47 Å². The Morgan fingerprint density at radius 2 is 2.20 bits per heavy atom. The Labute approximate surface area is 144 Å². The van der Waals surface area contributed by atoms with E-state index in [0.29, 0.717) is 18.0 Å². The van der Waals surface area contributed by atoms with Crippen LogP contribution in [0.25, 0.3) is 0 Å². The van der Waals surface area contributed by atoms with E-state index in [1.165, 1.54) is 12.1 Å². The lowest BCUT2D eigenvalue weighted by Gasteiger charge is -2.32. The van der Waals surface area contributed by atoms with Gasteiger partial charge in [-0.1, -0.05) is 6.92 Å². The molecule has 2 aliphatic rings. The second kappa shape index (κ2) is 7.08. The van der Waals surface area contributed by atoms with Gasteiger partial charge in [0.2, 0.25) is 6.10 Å². The largest absolute Gasteiger partial charge is 0.463 e. The molecule has 2 fully saturated rings. The van der Waals surface area contributed by atoms with Crippen molar-refractivity contribution in [3.05, 3.63) is 33.9 Å². The number of carbonyl (C=O) groups is 2. The van der Waals surface area contributed by atoms with E-state index in [1.807, 2.05) is 4.90 Å². The number of nitro benzene ring substituents is 1. The number of esters is 2. The Morgan fingerprint density at radius 1 is 1.40 bits per heavy atom. The van der Waals surface area contributed by atoms with Crippen LogP contribution in [-0.2, 0) is 14.3 Å². The van der Waals surface area contributed by atoms with E-state index in [1.54, 1.807) is 6.07 Å². The van der Waals surface area contributed by atoms with Crippen molar-refractivity contribution >= 4 is 23.3 Å². The van der Waals surface area contributed by atoms with Gasteiger partial charge < -0.3 is 14.4 Å². The summed E-state index contributed by atoms with van der Waals surface area (Å²) in [5.41, 5.74) is 0.436. The Hall–Kier alpha value is -2.64. The molecule has 25 heavy (non-hydrogen) atoms. The molecule has 0 bridgehead atoms. The van der Waals surface area contributed by atoms with Gasteiger partial charge in [0.25, 0.3) is 5.69 Å². The van der Waals surface area contributed by atoms with E-state index in [-0.39, 0.29) is 17.9 Å². The van der Waals surface area contributed by atoms with Crippen LogP contribution < -0.4 is 4.90 Å². The lowest BCUT2D eigenvalue weighted by Crippen LogP contribution is -2.34. The van der Waals surface area contributed by atoms with E-state index >= 15 is 0 Å². The molecule has 0 aliphatic carbocycles. The van der Waals surface area contributed by atoms with E-state index in [0.717, 1.165) is 25.9 Å². The Balaban J connectivity index is 1.82. The Bertz CT molecular complexity index is 704. The first-order valence-electron chi connectivity index (χ1n) is 8.36. The number of benzene rings is 1. The van der Waals surface area contributed by atoms with Crippen LogP contribution in [-0.4, -0.2) is 42.7 Å². The number of carbonyl (C=O) groups excluding carboxylic acids is 2. The third-order valence-corrected chi connectivity index (χ3v) is 4.54. The van der Waals surface area contributed by atoms with E-state index < -0.39 is 23.0 Å². The lowest BCUT2D eigenvalue weighted by molar-refractivity contribution is -0.384. The molecular weight excluding hydrogens is 328 g/mol. The van der Waals surface area contributed by atoms with Crippen molar-refractivity contribution in [2.24, 2.45) is 5.92 Å². The van der Waals surface area contributed by atoms with Crippen LogP contribution in [0, 0.1) is 16.0 Å². The molecule has 0 spiro atoms. The summed E-state index contributed by atoms with van der Waals surface area (Å²) in [6, 6.07) is 4.31. The first-order chi connectivity index (χ1) is 12.0. The van der Waals surface area contributed by atoms with Crippen molar-refractivity contribution in [3.63, 3.8) is 0 Å². The average Bonchev–Trinajstić information content (AvgIpc) is 2.99. The smallest absolute Gasteiger partial charge is 0.347 e. The summed E-state index contributed by atoms with van der Waals surface area (Å²) in [5.74, 6) is -0.876. The van der Waals surface area contributed by atoms with Gasteiger partial charge in [-0.05, 0) is 30.9 Å². The summed E-state index contributed by atoms with van der Waals surface area (Å²) < 4.78 is 9.84. The number of ether oxygens (including phenoxy) is 2. The third kappa shape index (κ3) is 3.72. The summed E-state index contributed by atoms with van der Waals surface area (Å²) in [4.78, 5) is 36.5. The molecule has 2 aliphatic heterocycles. The predicted molar refractivity (Wildman–Crippen MR) is 88.5 cm³/mol. The van der Waals surface area contributed by atoms with Crippen LogP contribution in [0.1, 0.15) is 36.5 Å². The third-order valence-electron chi connectivity index (χ3n) is 4.54. The van der Waals surface area contributed by atoms with Crippen LogP contribution in [0.2, 0.25) is 0 Å². The van der Waals surface area contributed by atoms with Crippen LogP contribution in [0.4, 0.5) is 11.4 Å². The summed E-state index contributed by atoms with van der Waals surface area (Å²) in [7, 11) is 0. The van der Waals surface area contributed by atoms with Gasteiger partial charge in [-0.25, -0.2) is 9.59 Å². The zero-order valence-electron chi connectivity index (χ0n) is 14.0. The summed E-state index contributed by atoms with van der Waals surface area (Å²) >= 11 is 0. The average molecular weight is 348 g/mol. The number of nitrogens with zero attached hydrogens (tertiary/aromatic N) is 2. The van der Waals surface area contributed by atoms with Crippen molar-refractivity contribution in [2.75, 3.05) is 24.6 Å². The highest BCUT2D eigenvalue weighted by Gasteiger charge is 2.31. The first kappa shape index (κ1) is 17.2. The molecule has 8 heteroatoms. The van der Waals surface area contributed by atoms with Crippen LogP contribution in [0.3, 0.4) is 0 Å². The monoisotopic (exact) mass is 348 g/mol. The second-order valence-electron chi connectivity index (χ2n) is 6.50. The summed E-state index contributed by atoms with van der Waals surface area (Å²) in [6.07, 6.45) is 1.45. The molecule has 0 unspecified atom stereocenters. The van der Waals surface area contributed by atoms with Crippen LogP contribution in [0.15, 0.2) is 18.2 Å². The number of hydrogen-bond acceptors (Lipinski definition) is 7. The maximum Gasteiger partial charge on any atom is 0.347 e. The van der Waals surface area contributed by atoms with E-state index in [2.05, 4.69) is 6.92 Å². The topological polar surface area (TPSA) is 99.0 Å². The molecular formula is C17H20N2O6. The molecule has 0 amide bonds. The van der Waals surface area contributed by atoms with E-state index in [9.17, 15) is 19.7 Å². The highest BCUT2D eigenvalue weighted by Crippen LogP contribution is 2.32. The highest BCUT2D eigenvalue weighted by atomic mass is 16.6. The van der Waals surface area contributed by atoms with Gasteiger partial charge in [0.1, 0.15) is 5.69 Å². The minimum absolute atomic E-state index is 0.0557. The van der Waals surface area contributed by atoms with Gasteiger partial charge >= 0.3 is 11.9 Å². The minimum Gasteiger partial charge on any atom is -0.463 e. The SMILES string of the molecule is C[C@H]1CCCN(c2ccc(C(=O)O[C@H]3CCOC3=O)cc2[N+](=O)[O-])C1. The van der Waals surface area contributed by atoms with Crippen LogP contribution >= 0.6 is 0 Å². The van der Waals surface area contributed by atoms with Gasteiger partial charge in [-0.15, -0.1) is 0 Å². The molecule has 2 heterocycles. The predicted octanol–water partition coefficient (Wildman–Crippen LogP) is 2.30. The number of hydrogen-bond donors (Lipinski definition) is 0. The zero-order chi connectivity index (χ0) is 18.0. The summed E-state index contributed by atoms with van der Waals surface area (Å²) in [5, 5.41) is 11.5. The zero-order valence-corrected chi connectivity index (χ0v) is 14.0. The number of cyclic esters (lactones) is 1. The maximum atomic E-state index is 12.2. The Kier molecular flexibility index (Phi) is 4.87. The molecule has 1 aromatic rings. The van der Waals surface area contributed by atoms with Crippen molar-refractivity contribution in [3.8, 4) is 0 Å². The lowest BCUT2D eigenvalue weighted by atomic mass is 9.99. The van der Waals surface area contributed by atoms with Crippen LogP contribution in [0.5, 0.6) is 0 Å². The molecule has 134 valence electrons. The normalized spacial score (nSPS) is 23.2. The number of anilines is 1. The maximum absolute atomic E-state index is 12.2. The molecule has 8 nitrogen and oxygen atoms in total.